The fraction of sp³-hybridized carbons (Fsp3) is 0.167. The number of H-pyrrole nitrogens is 1. The molecule has 0 amide bonds. The van der Waals surface area contributed by atoms with Crippen molar-refractivity contribution >= 4 is 23.0 Å². The van der Waals surface area contributed by atoms with Gasteiger partial charge in [0.05, 0.1) is 17.5 Å². The SMILES string of the molecule is Cn1nc(Cc2n[nH]c(=S)o2)c2ccccc2c1=O. The van der Waals surface area contributed by atoms with Crippen LogP contribution in [0.2, 0.25) is 0 Å². The molecule has 1 N–H and O–H groups in total. The van der Waals surface area contributed by atoms with Crippen molar-refractivity contribution in [2.45, 2.75) is 6.42 Å². The summed E-state index contributed by atoms with van der Waals surface area (Å²) in [6.45, 7) is 0. The zero-order valence-corrected chi connectivity index (χ0v) is 10.9. The maximum atomic E-state index is 12.0. The van der Waals surface area contributed by atoms with Gasteiger partial charge in [0.2, 0.25) is 5.89 Å². The van der Waals surface area contributed by atoms with Crippen LogP contribution in [0.25, 0.3) is 10.8 Å². The fourth-order valence-electron chi connectivity index (χ4n) is 1.99. The van der Waals surface area contributed by atoms with E-state index in [0.717, 1.165) is 11.1 Å². The van der Waals surface area contributed by atoms with Crippen LogP contribution in [0, 0.1) is 4.84 Å². The topological polar surface area (TPSA) is 76.7 Å². The van der Waals surface area contributed by atoms with Crippen LogP contribution in [0.15, 0.2) is 33.5 Å². The van der Waals surface area contributed by atoms with E-state index in [-0.39, 0.29) is 10.4 Å². The number of hydrogen-bond donors (Lipinski definition) is 1. The lowest BCUT2D eigenvalue weighted by Gasteiger charge is -2.05. The summed E-state index contributed by atoms with van der Waals surface area (Å²) in [6, 6.07) is 7.34. The Labute approximate surface area is 112 Å². The largest absolute Gasteiger partial charge is 0.414 e. The van der Waals surface area contributed by atoms with Gasteiger partial charge in [-0.25, -0.2) is 9.78 Å². The van der Waals surface area contributed by atoms with Crippen molar-refractivity contribution in [2.75, 3.05) is 0 Å². The Morgan fingerprint density at radius 3 is 2.79 bits per heavy atom. The second kappa shape index (κ2) is 4.43. The maximum Gasteiger partial charge on any atom is 0.284 e. The van der Waals surface area contributed by atoms with E-state index in [1.54, 1.807) is 13.1 Å². The van der Waals surface area contributed by atoms with Crippen molar-refractivity contribution in [1.82, 2.24) is 20.0 Å². The van der Waals surface area contributed by atoms with Crippen LogP contribution in [0.5, 0.6) is 0 Å². The summed E-state index contributed by atoms with van der Waals surface area (Å²) >= 11 is 4.83. The summed E-state index contributed by atoms with van der Waals surface area (Å²) in [5.74, 6) is 0.446. The molecule has 6 nitrogen and oxygen atoms in total. The quantitative estimate of drug-likeness (QED) is 0.718. The molecule has 0 aliphatic rings. The average Bonchev–Trinajstić information content (AvgIpc) is 2.81. The maximum absolute atomic E-state index is 12.0. The number of aryl methyl sites for hydroxylation is 1. The Balaban J connectivity index is 2.21. The van der Waals surface area contributed by atoms with Crippen LogP contribution >= 0.6 is 12.2 Å². The van der Waals surface area contributed by atoms with Crippen LogP contribution < -0.4 is 5.56 Å². The minimum Gasteiger partial charge on any atom is -0.414 e. The molecule has 0 saturated carbocycles. The van der Waals surface area contributed by atoms with Crippen molar-refractivity contribution in [3.63, 3.8) is 0 Å². The highest BCUT2D eigenvalue weighted by atomic mass is 32.1. The van der Waals surface area contributed by atoms with Crippen molar-refractivity contribution in [2.24, 2.45) is 7.05 Å². The lowest BCUT2D eigenvalue weighted by molar-refractivity contribution is 0.488. The molecule has 2 heterocycles. The molecule has 0 spiro atoms. The van der Waals surface area contributed by atoms with Crippen LogP contribution in [0.3, 0.4) is 0 Å². The van der Waals surface area contributed by atoms with Crippen molar-refractivity contribution in [3.8, 4) is 0 Å². The van der Waals surface area contributed by atoms with Gasteiger partial charge in [-0.3, -0.25) is 4.79 Å². The monoisotopic (exact) mass is 274 g/mol. The summed E-state index contributed by atoms with van der Waals surface area (Å²) in [4.78, 5) is 12.2. The van der Waals surface area contributed by atoms with Crippen LogP contribution in [-0.4, -0.2) is 20.0 Å². The van der Waals surface area contributed by atoms with Crippen molar-refractivity contribution in [3.05, 3.63) is 51.0 Å². The van der Waals surface area contributed by atoms with E-state index in [0.29, 0.717) is 17.7 Å². The normalized spacial score (nSPS) is 11.0. The zero-order valence-electron chi connectivity index (χ0n) is 10.1. The molecular formula is C12H10N4O2S. The van der Waals surface area contributed by atoms with Crippen LogP contribution in [0.1, 0.15) is 11.6 Å². The standard InChI is InChI=1S/C12H10N4O2S/c1-16-11(17)8-5-3-2-4-7(8)9(15-16)6-10-13-14-12(19)18-10/h2-5H,6H2,1H3,(H,14,19). The van der Waals surface area contributed by atoms with Gasteiger partial charge in [-0.1, -0.05) is 18.2 Å². The lowest BCUT2D eigenvalue weighted by atomic mass is 10.1. The number of aromatic nitrogens is 4. The van der Waals surface area contributed by atoms with Gasteiger partial charge < -0.3 is 4.42 Å². The number of aromatic amines is 1. The first-order valence-electron chi connectivity index (χ1n) is 5.64. The molecule has 96 valence electrons. The van der Waals surface area contributed by atoms with Gasteiger partial charge in [-0.15, -0.1) is 5.10 Å². The highest BCUT2D eigenvalue weighted by Gasteiger charge is 2.11. The fourth-order valence-corrected chi connectivity index (χ4v) is 2.13. The minimum atomic E-state index is -0.123. The van der Waals surface area contributed by atoms with Gasteiger partial charge in [-0.05, 0) is 18.3 Å². The second-order valence-electron chi connectivity index (χ2n) is 4.10. The number of fused-ring (bicyclic) bond motifs is 1. The molecule has 1 aromatic carbocycles. The van der Waals surface area contributed by atoms with Gasteiger partial charge >= 0.3 is 0 Å². The van der Waals surface area contributed by atoms with Gasteiger partial charge in [-0.2, -0.15) is 5.10 Å². The molecule has 3 aromatic rings. The van der Waals surface area contributed by atoms with E-state index in [1.807, 2.05) is 18.2 Å². The van der Waals surface area contributed by atoms with E-state index >= 15 is 0 Å². The summed E-state index contributed by atoms with van der Waals surface area (Å²) < 4.78 is 6.55. The number of hydrogen-bond acceptors (Lipinski definition) is 5. The van der Waals surface area contributed by atoms with Crippen LogP contribution in [0.4, 0.5) is 0 Å². The Kier molecular flexibility index (Phi) is 2.75. The first kappa shape index (κ1) is 11.8. The lowest BCUT2D eigenvalue weighted by Crippen LogP contribution is -2.21. The van der Waals surface area contributed by atoms with E-state index in [2.05, 4.69) is 15.3 Å². The molecule has 3 rings (SSSR count). The number of nitrogens with one attached hydrogen (secondary N) is 1. The molecule has 0 atom stereocenters. The molecule has 0 radical (unpaired) electrons. The van der Waals surface area contributed by atoms with E-state index < -0.39 is 0 Å². The molecule has 19 heavy (non-hydrogen) atoms. The third-order valence-corrected chi connectivity index (χ3v) is 3.01. The van der Waals surface area contributed by atoms with Crippen molar-refractivity contribution < 1.29 is 4.42 Å². The molecule has 0 aliphatic heterocycles. The summed E-state index contributed by atoms with van der Waals surface area (Å²) in [6.07, 6.45) is 0.377. The number of rotatable bonds is 2. The van der Waals surface area contributed by atoms with Gasteiger partial charge in [0.15, 0.2) is 0 Å². The summed E-state index contributed by atoms with van der Waals surface area (Å²) in [5.41, 5.74) is 0.602. The summed E-state index contributed by atoms with van der Waals surface area (Å²) in [7, 11) is 1.62. The average molecular weight is 274 g/mol. The first-order valence-corrected chi connectivity index (χ1v) is 6.05. The Morgan fingerprint density at radius 2 is 2.11 bits per heavy atom. The third-order valence-electron chi connectivity index (χ3n) is 2.83. The second-order valence-corrected chi connectivity index (χ2v) is 4.48. The molecule has 0 fully saturated rings. The van der Waals surface area contributed by atoms with Crippen molar-refractivity contribution in [1.29, 1.82) is 0 Å². The Bertz CT molecular complexity index is 862. The van der Waals surface area contributed by atoms with Gasteiger partial charge in [0, 0.05) is 12.4 Å². The van der Waals surface area contributed by atoms with E-state index in [4.69, 9.17) is 16.6 Å². The molecule has 2 aromatic heterocycles. The van der Waals surface area contributed by atoms with E-state index in [1.165, 1.54) is 4.68 Å². The summed E-state index contributed by atoms with van der Waals surface area (Å²) in [5, 5.41) is 12.2. The van der Waals surface area contributed by atoms with E-state index in [9.17, 15) is 4.79 Å². The van der Waals surface area contributed by atoms with Crippen LogP contribution in [-0.2, 0) is 13.5 Å². The highest BCUT2D eigenvalue weighted by Crippen LogP contribution is 2.15. The predicted molar refractivity (Wildman–Crippen MR) is 71.5 cm³/mol. The molecule has 0 aliphatic carbocycles. The molecule has 0 saturated heterocycles. The number of nitrogens with zero attached hydrogens (tertiary/aromatic N) is 3. The predicted octanol–water partition coefficient (Wildman–Crippen LogP) is 1.57. The zero-order chi connectivity index (χ0) is 13.4. The molecular weight excluding hydrogens is 264 g/mol. The van der Waals surface area contributed by atoms with Gasteiger partial charge in [0.1, 0.15) is 0 Å². The Morgan fingerprint density at radius 1 is 1.37 bits per heavy atom. The molecule has 0 unspecified atom stereocenters. The third kappa shape index (κ3) is 2.08. The smallest absolute Gasteiger partial charge is 0.284 e. The Hall–Kier alpha value is -2.28. The first-order chi connectivity index (χ1) is 9.15. The molecule has 0 bridgehead atoms. The molecule has 7 heteroatoms. The highest BCUT2D eigenvalue weighted by molar-refractivity contribution is 7.71. The minimum absolute atomic E-state index is 0.123. The number of benzene rings is 1. The van der Waals surface area contributed by atoms with Gasteiger partial charge in [0.25, 0.3) is 10.4 Å².